The van der Waals surface area contributed by atoms with Crippen molar-refractivity contribution in [3.63, 3.8) is 0 Å². The van der Waals surface area contributed by atoms with E-state index in [1.807, 2.05) is 0 Å². The minimum Gasteiger partial charge on any atom is -0.346 e. The average Bonchev–Trinajstić information content (AvgIpc) is 3.25. The molecule has 7 heteroatoms. The van der Waals surface area contributed by atoms with Crippen LogP contribution in [0.3, 0.4) is 0 Å². The van der Waals surface area contributed by atoms with Crippen LogP contribution in [0.25, 0.3) is 0 Å². The van der Waals surface area contributed by atoms with Crippen LogP contribution in [0, 0.1) is 16.7 Å². The largest absolute Gasteiger partial charge is 0.346 e. The summed E-state index contributed by atoms with van der Waals surface area (Å²) in [6.07, 6.45) is 4.78. The van der Waals surface area contributed by atoms with E-state index < -0.39 is 21.2 Å². The molecule has 4 atom stereocenters. The second-order valence-corrected chi connectivity index (χ2v) is 12.9. The summed E-state index contributed by atoms with van der Waals surface area (Å²) in [4.78, 5) is 0. The molecule has 1 unspecified atom stereocenters. The van der Waals surface area contributed by atoms with E-state index in [0.29, 0.717) is 25.6 Å². The molecule has 0 radical (unpaired) electrons. The molecule has 0 aromatic carbocycles. The van der Waals surface area contributed by atoms with Crippen LogP contribution >= 0.6 is 0 Å². The molecule has 2 bridgehead atoms. The van der Waals surface area contributed by atoms with E-state index in [1.165, 1.54) is 0 Å². The van der Waals surface area contributed by atoms with Crippen LogP contribution in [0.1, 0.15) is 46.0 Å². The molecule has 2 saturated carbocycles. The fraction of sp³-hybridized carbons (Fsp3) is 1.00. The summed E-state index contributed by atoms with van der Waals surface area (Å²) in [6, 6.07) is 0. The van der Waals surface area contributed by atoms with Crippen molar-refractivity contribution in [2.75, 3.05) is 53.1 Å². The fourth-order valence-corrected chi connectivity index (χ4v) is 8.77. The third-order valence-electron chi connectivity index (χ3n) is 7.92. The summed E-state index contributed by atoms with van der Waals surface area (Å²) < 4.78 is 42.2. The average molecular weight is 402 g/mol. The van der Waals surface area contributed by atoms with Crippen LogP contribution in [-0.2, 0) is 19.5 Å². The van der Waals surface area contributed by atoms with Gasteiger partial charge in [-0.15, -0.1) is 0 Å². The van der Waals surface area contributed by atoms with Crippen molar-refractivity contribution in [3.05, 3.63) is 0 Å². The maximum absolute atomic E-state index is 13.3. The molecule has 0 aromatic rings. The molecular weight excluding hydrogens is 364 g/mol. The zero-order chi connectivity index (χ0) is 19.7. The Labute approximate surface area is 164 Å². The Hall–Kier alpha value is -0.210. The summed E-state index contributed by atoms with van der Waals surface area (Å²) in [6.45, 7) is 7.28. The predicted molar refractivity (Wildman–Crippen MR) is 105 cm³/mol. The number of fused-ring (bicyclic) bond motifs is 3. The molecule has 4 rings (SSSR count). The maximum atomic E-state index is 13.3. The zero-order valence-corrected chi connectivity index (χ0v) is 18.5. The van der Waals surface area contributed by atoms with Gasteiger partial charge in [0.25, 0.3) is 0 Å². The smallest absolute Gasteiger partial charge is 0.214 e. The van der Waals surface area contributed by atoms with E-state index in [4.69, 9.17) is 9.47 Å². The Morgan fingerprint density at radius 1 is 1.15 bits per heavy atom. The molecule has 2 aliphatic carbocycles. The van der Waals surface area contributed by atoms with Gasteiger partial charge in [0.1, 0.15) is 12.6 Å². The van der Waals surface area contributed by atoms with Gasteiger partial charge in [-0.2, -0.15) is 0 Å². The summed E-state index contributed by atoms with van der Waals surface area (Å²) >= 11 is 0. The monoisotopic (exact) mass is 401 g/mol. The number of nitrogens with zero attached hydrogens (tertiary/aromatic N) is 2. The molecule has 2 heterocycles. The van der Waals surface area contributed by atoms with Crippen molar-refractivity contribution < 1.29 is 22.4 Å². The van der Waals surface area contributed by atoms with Crippen LogP contribution in [0.2, 0.25) is 0 Å². The zero-order valence-electron chi connectivity index (χ0n) is 17.7. The van der Waals surface area contributed by atoms with Gasteiger partial charge in [-0.1, -0.05) is 13.8 Å². The van der Waals surface area contributed by atoms with Crippen molar-refractivity contribution >= 4 is 10.0 Å². The third kappa shape index (κ3) is 3.00. The first kappa shape index (κ1) is 20.1. The Bertz CT molecular complexity index is 695. The summed E-state index contributed by atoms with van der Waals surface area (Å²) in [5.41, 5.74) is -0.545. The lowest BCUT2D eigenvalue weighted by Gasteiger charge is -2.47. The Balaban J connectivity index is 1.65. The first-order valence-electron chi connectivity index (χ1n) is 10.5. The van der Waals surface area contributed by atoms with Gasteiger partial charge in [-0.25, -0.2) is 12.7 Å². The molecule has 4 aliphatic rings. The number of hydrogen-bond donors (Lipinski definition) is 0. The molecule has 2 aliphatic heterocycles. The normalized spacial score (nSPS) is 41.8. The van der Waals surface area contributed by atoms with Crippen LogP contribution < -0.4 is 0 Å². The highest BCUT2D eigenvalue weighted by atomic mass is 32.2. The molecule has 0 aromatic heterocycles. The minimum atomic E-state index is -3.30. The number of rotatable bonds is 5. The lowest BCUT2D eigenvalue weighted by molar-refractivity contribution is -0.873. The Morgan fingerprint density at radius 3 is 2.41 bits per heavy atom. The summed E-state index contributed by atoms with van der Waals surface area (Å²) in [5.74, 6) is -0.0960. The predicted octanol–water partition coefficient (Wildman–Crippen LogP) is 2.06. The molecule has 156 valence electrons. The van der Waals surface area contributed by atoms with Crippen molar-refractivity contribution in [1.82, 2.24) is 4.31 Å². The summed E-state index contributed by atoms with van der Waals surface area (Å²) in [7, 11) is 3.17. The lowest BCUT2D eigenvalue weighted by atomic mass is 9.68. The molecule has 1 spiro atoms. The van der Waals surface area contributed by atoms with Crippen LogP contribution in [0.5, 0.6) is 0 Å². The van der Waals surface area contributed by atoms with E-state index >= 15 is 0 Å². The van der Waals surface area contributed by atoms with E-state index in [-0.39, 0.29) is 17.3 Å². The number of likely N-dealkylation sites (N-methyl/N-ethyl adjacent to an activating group) is 1. The number of ether oxygens (including phenoxy) is 2. The summed E-state index contributed by atoms with van der Waals surface area (Å²) in [5, 5.41) is 0. The molecule has 6 nitrogen and oxygen atoms in total. The second-order valence-electron chi connectivity index (χ2n) is 10.9. The van der Waals surface area contributed by atoms with Crippen LogP contribution in [0.4, 0.5) is 0 Å². The first-order chi connectivity index (χ1) is 12.4. The van der Waals surface area contributed by atoms with Gasteiger partial charge in [0.15, 0.2) is 5.79 Å². The van der Waals surface area contributed by atoms with Crippen molar-refractivity contribution in [3.8, 4) is 0 Å². The van der Waals surface area contributed by atoms with Crippen molar-refractivity contribution in [1.29, 1.82) is 0 Å². The van der Waals surface area contributed by atoms with E-state index in [2.05, 4.69) is 35.0 Å². The fourth-order valence-electron chi connectivity index (χ4n) is 6.41. The van der Waals surface area contributed by atoms with Crippen LogP contribution in [0.15, 0.2) is 0 Å². The topological polar surface area (TPSA) is 55.8 Å². The first-order valence-corrected chi connectivity index (χ1v) is 12.1. The second kappa shape index (κ2) is 6.14. The standard InChI is InChI=1S/C20H37N2O4S/c1-18(2)16-8-9-19(18,15-27(23,24)21-10-6-7-11-21)20(12-16)25-14-17(26-20)13-22(3,4)5/h16-17H,6-15H2,1-5H3/q+1/t16-,17-,19+,20?/m0/s1. The van der Waals surface area contributed by atoms with Crippen molar-refractivity contribution in [2.24, 2.45) is 16.7 Å². The molecular formula is C20H37N2O4S+. The van der Waals surface area contributed by atoms with E-state index in [1.54, 1.807) is 4.31 Å². The Morgan fingerprint density at radius 2 is 1.81 bits per heavy atom. The molecule has 2 saturated heterocycles. The lowest BCUT2D eigenvalue weighted by Crippen LogP contribution is -2.56. The molecule has 4 fully saturated rings. The highest BCUT2D eigenvalue weighted by Crippen LogP contribution is 2.72. The van der Waals surface area contributed by atoms with Gasteiger partial charge in [0.2, 0.25) is 10.0 Å². The number of sulfonamides is 1. The highest BCUT2D eigenvalue weighted by molar-refractivity contribution is 7.89. The minimum absolute atomic E-state index is 0.0338. The SMILES string of the molecule is CC1(C)[C@H]2CC[C@]1(CS(=O)(=O)N1CCCC1)C1(C2)OC[C@H](C[N+](C)(C)C)O1. The molecule has 0 N–H and O–H groups in total. The van der Waals surface area contributed by atoms with E-state index in [0.717, 1.165) is 43.1 Å². The van der Waals surface area contributed by atoms with Gasteiger partial charge in [0.05, 0.1) is 33.5 Å². The van der Waals surface area contributed by atoms with Gasteiger partial charge in [0, 0.05) is 24.9 Å². The Kier molecular flexibility index (Phi) is 4.57. The van der Waals surface area contributed by atoms with Gasteiger partial charge in [-0.05, 0) is 37.0 Å². The van der Waals surface area contributed by atoms with Gasteiger partial charge >= 0.3 is 0 Å². The number of quaternary nitrogens is 1. The quantitative estimate of drug-likeness (QED) is 0.662. The van der Waals surface area contributed by atoms with Gasteiger partial charge < -0.3 is 14.0 Å². The van der Waals surface area contributed by atoms with Gasteiger partial charge in [-0.3, -0.25) is 0 Å². The van der Waals surface area contributed by atoms with E-state index in [9.17, 15) is 8.42 Å². The van der Waals surface area contributed by atoms with Crippen LogP contribution in [-0.4, -0.2) is 82.2 Å². The third-order valence-corrected chi connectivity index (χ3v) is 9.93. The molecule has 27 heavy (non-hydrogen) atoms. The highest BCUT2D eigenvalue weighted by Gasteiger charge is 2.76. The number of hydrogen-bond acceptors (Lipinski definition) is 4. The molecule has 0 amide bonds. The maximum Gasteiger partial charge on any atom is 0.214 e. The van der Waals surface area contributed by atoms with Crippen molar-refractivity contribution in [2.45, 2.75) is 57.8 Å².